The van der Waals surface area contributed by atoms with Crippen LogP contribution in [0.4, 0.5) is 5.69 Å². The first-order chi connectivity index (χ1) is 7.97. The Morgan fingerprint density at radius 2 is 2.06 bits per heavy atom. The van der Waals surface area contributed by atoms with E-state index in [1.807, 2.05) is 0 Å². The van der Waals surface area contributed by atoms with Crippen LogP contribution in [0.3, 0.4) is 0 Å². The van der Waals surface area contributed by atoms with Gasteiger partial charge in [-0.25, -0.2) is 9.59 Å². The molecule has 0 spiro atoms. The van der Waals surface area contributed by atoms with Crippen molar-refractivity contribution < 1.29 is 24.2 Å². The molecule has 1 aromatic rings. The van der Waals surface area contributed by atoms with Gasteiger partial charge in [0.2, 0.25) is 0 Å². The molecule has 6 nitrogen and oxygen atoms in total. The fourth-order valence-corrected chi connectivity index (χ4v) is 1.25. The summed E-state index contributed by atoms with van der Waals surface area (Å²) in [6, 6.07) is 4.33. The van der Waals surface area contributed by atoms with Gasteiger partial charge in [-0.2, -0.15) is 0 Å². The number of aromatic carboxylic acids is 1. The molecule has 0 aliphatic heterocycles. The van der Waals surface area contributed by atoms with E-state index in [1.54, 1.807) is 0 Å². The smallest absolute Gasteiger partial charge is 0.346 e. The highest BCUT2D eigenvalue weighted by molar-refractivity contribution is 5.93. The number of carboxylic acids is 1. The monoisotopic (exact) mass is 239 g/mol. The van der Waals surface area contributed by atoms with Gasteiger partial charge in [0.05, 0.1) is 12.8 Å². The minimum absolute atomic E-state index is 0.0297. The number of hydrogen-bond donors (Lipinski definition) is 2. The van der Waals surface area contributed by atoms with E-state index < -0.39 is 18.0 Å². The van der Waals surface area contributed by atoms with Gasteiger partial charge >= 0.3 is 11.9 Å². The van der Waals surface area contributed by atoms with Crippen molar-refractivity contribution in [1.29, 1.82) is 0 Å². The molecule has 3 N–H and O–H groups in total. The molecule has 0 amide bonds. The SMILES string of the molecule is COC(=O)C(C)Oc1c(N)cccc1C(=O)O. The number of nitrogen functional groups attached to an aromatic ring is 1. The Labute approximate surface area is 97.9 Å². The van der Waals surface area contributed by atoms with E-state index in [-0.39, 0.29) is 17.0 Å². The molecule has 6 heteroatoms. The maximum atomic E-state index is 11.2. The van der Waals surface area contributed by atoms with E-state index in [9.17, 15) is 9.59 Å². The Balaban J connectivity index is 3.05. The summed E-state index contributed by atoms with van der Waals surface area (Å²) in [7, 11) is 1.22. The van der Waals surface area contributed by atoms with Crippen molar-refractivity contribution in [1.82, 2.24) is 0 Å². The van der Waals surface area contributed by atoms with Gasteiger partial charge in [-0.3, -0.25) is 0 Å². The molecule has 0 saturated carbocycles. The van der Waals surface area contributed by atoms with Crippen molar-refractivity contribution in [2.75, 3.05) is 12.8 Å². The van der Waals surface area contributed by atoms with Gasteiger partial charge in [-0.05, 0) is 19.1 Å². The number of carbonyl (C=O) groups excluding carboxylic acids is 1. The summed E-state index contributed by atoms with van der Waals surface area (Å²) in [6.45, 7) is 1.45. The lowest BCUT2D eigenvalue weighted by Gasteiger charge is -2.15. The molecule has 0 fully saturated rings. The largest absolute Gasteiger partial charge is 0.478 e. The van der Waals surface area contributed by atoms with Crippen LogP contribution in [0.25, 0.3) is 0 Å². The number of ether oxygens (including phenoxy) is 2. The zero-order valence-corrected chi connectivity index (χ0v) is 9.47. The molecule has 0 aliphatic rings. The second kappa shape index (κ2) is 5.20. The maximum absolute atomic E-state index is 11.2. The first-order valence-electron chi connectivity index (χ1n) is 4.83. The van der Waals surface area contributed by atoms with Crippen LogP contribution in [0.5, 0.6) is 5.75 Å². The Morgan fingerprint density at radius 3 is 2.59 bits per heavy atom. The quantitative estimate of drug-likeness (QED) is 0.598. The summed E-state index contributed by atoms with van der Waals surface area (Å²) in [4.78, 5) is 22.1. The van der Waals surface area contributed by atoms with Gasteiger partial charge in [0.15, 0.2) is 11.9 Å². The van der Waals surface area contributed by atoms with Crippen LogP contribution in [0, 0.1) is 0 Å². The van der Waals surface area contributed by atoms with Crippen molar-refractivity contribution in [3.8, 4) is 5.75 Å². The van der Waals surface area contributed by atoms with Gasteiger partial charge in [-0.1, -0.05) is 6.07 Å². The van der Waals surface area contributed by atoms with E-state index >= 15 is 0 Å². The third-order valence-corrected chi connectivity index (χ3v) is 2.10. The van der Waals surface area contributed by atoms with Crippen LogP contribution in [0.1, 0.15) is 17.3 Å². The fourth-order valence-electron chi connectivity index (χ4n) is 1.25. The lowest BCUT2D eigenvalue weighted by Crippen LogP contribution is -2.26. The standard InChI is InChI=1S/C11H13NO5/c1-6(11(15)16-2)17-9-7(10(13)14)4-3-5-8(9)12/h3-6H,12H2,1-2H3,(H,13,14). The second-order valence-electron chi connectivity index (χ2n) is 3.31. The van der Waals surface area contributed by atoms with Crippen LogP contribution in [0.2, 0.25) is 0 Å². The first-order valence-corrected chi connectivity index (χ1v) is 4.83. The van der Waals surface area contributed by atoms with Crippen molar-refractivity contribution in [2.24, 2.45) is 0 Å². The zero-order valence-electron chi connectivity index (χ0n) is 9.47. The Kier molecular flexibility index (Phi) is 3.92. The highest BCUT2D eigenvalue weighted by Gasteiger charge is 2.20. The minimum atomic E-state index is -1.18. The number of carbonyl (C=O) groups is 2. The minimum Gasteiger partial charge on any atom is -0.478 e. The number of benzene rings is 1. The average Bonchev–Trinajstić information content (AvgIpc) is 2.30. The van der Waals surface area contributed by atoms with Gasteiger partial charge < -0.3 is 20.3 Å². The number of hydrogen-bond acceptors (Lipinski definition) is 5. The molecule has 0 aromatic heterocycles. The number of methoxy groups -OCH3 is 1. The van der Waals surface area contributed by atoms with Gasteiger partial charge in [-0.15, -0.1) is 0 Å². The van der Waals surface area contributed by atoms with Crippen molar-refractivity contribution in [3.05, 3.63) is 23.8 Å². The molecule has 1 rings (SSSR count). The van der Waals surface area contributed by atoms with Crippen molar-refractivity contribution >= 4 is 17.6 Å². The highest BCUT2D eigenvalue weighted by Crippen LogP contribution is 2.27. The van der Waals surface area contributed by atoms with E-state index in [0.29, 0.717) is 0 Å². The van der Waals surface area contributed by atoms with E-state index in [1.165, 1.54) is 32.2 Å². The summed E-state index contributed by atoms with van der Waals surface area (Å²) in [5, 5.41) is 8.95. The summed E-state index contributed by atoms with van der Waals surface area (Å²) in [5.74, 6) is -1.81. The number of nitrogens with two attached hydrogens (primary N) is 1. The first kappa shape index (κ1) is 12.8. The second-order valence-corrected chi connectivity index (χ2v) is 3.31. The molecule has 17 heavy (non-hydrogen) atoms. The van der Waals surface area contributed by atoms with E-state index in [4.69, 9.17) is 15.6 Å². The van der Waals surface area contributed by atoms with E-state index in [0.717, 1.165) is 0 Å². The number of carboxylic acid groups (broad SMARTS) is 1. The predicted octanol–water partition coefficient (Wildman–Crippen LogP) is 0.907. The van der Waals surface area contributed by atoms with Crippen LogP contribution in [-0.4, -0.2) is 30.3 Å². The molecule has 0 radical (unpaired) electrons. The predicted molar refractivity (Wildman–Crippen MR) is 59.9 cm³/mol. The molecule has 1 aromatic carbocycles. The number of esters is 1. The Morgan fingerprint density at radius 1 is 1.41 bits per heavy atom. The summed E-state index contributed by atoms with van der Waals surface area (Å²) < 4.78 is 9.68. The van der Waals surface area contributed by atoms with E-state index in [2.05, 4.69) is 4.74 Å². The molecule has 0 saturated heterocycles. The highest BCUT2D eigenvalue weighted by atomic mass is 16.6. The molecular formula is C11H13NO5. The average molecular weight is 239 g/mol. The van der Waals surface area contributed by atoms with Crippen molar-refractivity contribution in [2.45, 2.75) is 13.0 Å². The van der Waals surface area contributed by atoms with Gasteiger partial charge in [0.25, 0.3) is 0 Å². The van der Waals surface area contributed by atoms with Crippen molar-refractivity contribution in [3.63, 3.8) is 0 Å². The number of rotatable bonds is 4. The number of para-hydroxylation sites is 1. The summed E-state index contributed by atoms with van der Waals surface area (Å²) in [6.07, 6.45) is -0.928. The van der Waals surface area contributed by atoms with Gasteiger partial charge in [0, 0.05) is 0 Å². The number of anilines is 1. The van der Waals surface area contributed by atoms with Crippen LogP contribution in [-0.2, 0) is 9.53 Å². The summed E-state index contributed by atoms with van der Waals surface area (Å²) in [5.41, 5.74) is 5.67. The third-order valence-electron chi connectivity index (χ3n) is 2.10. The molecule has 92 valence electrons. The molecular weight excluding hydrogens is 226 g/mol. The Hall–Kier alpha value is -2.24. The molecule has 1 atom stereocenters. The lowest BCUT2D eigenvalue weighted by molar-refractivity contribution is -0.147. The van der Waals surface area contributed by atoms with Gasteiger partial charge in [0.1, 0.15) is 5.56 Å². The fraction of sp³-hybridized carbons (Fsp3) is 0.273. The summed E-state index contributed by atoms with van der Waals surface area (Å²) >= 11 is 0. The van der Waals surface area contributed by atoms with Crippen LogP contribution in [0.15, 0.2) is 18.2 Å². The molecule has 0 aliphatic carbocycles. The molecule has 0 bridgehead atoms. The molecule has 1 unspecified atom stereocenters. The third kappa shape index (κ3) is 2.87. The molecule has 0 heterocycles. The zero-order chi connectivity index (χ0) is 13.0. The normalized spacial score (nSPS) is 11.6. The lowest BCUT2D eigenvalue weighted by atomic mass is 10.1. The topological polar surface area (TPSA) is 98.9 Å². The van der Waals surface area contributed by atoms with Crippen LogP contribution < -0.4 is 10.5 Å². The Bertz CT molecular complexity index is 443. The van der Waals surface area contributed by atoms with Crippen LogP contribution >= 0.6 is 0 Å². The maximum Gasteiger partial charge on any atom is 0.346 e.